The molecule has 0 N–H and O–H groups in total. The molecule has 0 aromatic heterocycles. The van der Waals surface area contributed by atoms with E-state index in [1.54, 1.807) is 13.0 Å². The SMILES string of the molecule is CCOC(=O)Cc1cc(C#N)cc(Cl)c1C(F)(F)F. The highest BCUT2D eigenvalue weighted by atomic mass is 35.5. The molecule has 0 aliphatic rings. The second-order valence-electron chi connectivity index (χ2n) is 3.58. The zero-order chi connectivity index (χ0) is 14.6. The van der Waals surface area contributed by atoms with Crippen molar-refractivity contribution >= 4 is 17.6 Å². The van der Waals surface area contributed by atoms with Crippen LogP contribution in [0, 0.1) is 11.3 Å². The summed E-state index contributed by atoms with van der Waals surface area (Å²) in [4.78, 5) is 11.3. The third kappa shape index (κ3) is 3.86. The maximum Gasteiger partial charge on any atom is 0.418 e. The van der Waals surface area contributed by atoms with Gasteiger partial charge in [0.15, 0.2) is 0 Å². The smallest absolute Gasteiger partial charge is 0.418 e. The van der Waals surface area contributed by atoms with Gasteiger partial charge in [-0.2, -0.15) is 18.4 Å². The van der Waals surface area contributed by atoms with Crippen LogP contribution in [0.2, 0.25) is 5.02 Å². The Morgan fingerprint density at radius 2 is 2.11 bits per heavy atom. The van der Waals surface area contributed by atoms with Gasteiger partial charge in [-0.15, -0.1) is 0 Å². The van der Waals surface area contributed by atoms with E-state index in [2.05, 4.69) is 4.74 Å². The lowest BCUT2D eigenvalue weighted by Gasteiger charge is -2.14. The number of hydrogen-bond acceptors (Lipinski definition) is 3. The Morgan fingerprint density at radius 1 is 1.47 bits per heavy atom. The van der Waals surface area contributed by atoms with Gasteiger partial charge in [0.2, 0.25) is 0 Å². The van der Waals surface area contributed by atoms with E-state index in [-0.39, 0.29) is 17.7 Å². The van der Waals surface area contributed by atoms with Gasteiger partial charge in [-0.3, -0.25) is 4.79 Å². The van der Waals surface area contributed by atoms with Gasteiger partial charge in [0.1, 0.15) is 0 Å². The zero-order valence-electron chi connectivity index (χ0n) is 9.84. The number of carbonyl (C=O) groups excluding carboxylic acids is 1. The fraction of sp³-hybridized carbons (Fsp3) is 0.333. The summed E-state index contributed by atoms with van der Waals surface area (Å²) >= 11 is 5.54. The minimum Gasteiger partial charge on any atom is -0.466 e. The molecule has 0 saturated carbocycles. The fourth-order valence-electron chi connectivity index (χ4n) is 1.55. The number of ether oxygens (including phenoxy) is 1. The van der Waals surface area contributed by atoms with E-state index in [9.17, 15) is 18.0 Å². The van der Waals surface area contributed by atoms with Gasteiger partial charge in [-0.05, 0) is 24.6 Å². The lowest BCUT2D eigenvalue weighted by atomic mass is 10.0. The maximum absolute atomic E-state index is 12.9. The third-order valence-electron chi connectivity index (χ3n) is 2.22. The summed E-state index contributed by atoms with van der Waals surface area (Å²) in [6.07, 6.45) is -5.29. The lowest BCUT2D eigenvalue weighted by molar-refractivity contribution is -0.143. The number of benzene rings is 1. The van der Waals surface area contributed by atoms with E-state index in [0.717, 1.165) is 12.1 Å². The van der Waals surface area contributed by atoms with Gasteiger partial charge < -0.3 is 4.74 Å². The van der Waals surface area contributed by atoms with E-state index in [0.29, 0.717) is 0 Å². The van der Waals surface area contributed by atoms with Crippen molar-refractivity contribution in [2.75, 3.05) is 6.61 Å². The van der Waals surface area contributed by atoms with Crippen LogP contribution in [0.4, 0.5) is 13.2 Å². The van der Waals surface area contributed by atoms with Crippen molar-refractivity contribution in [3.05, 3.63) is 33.8 Å². The molecular weight excluding hydrogens is 283 g/mol. The van der Waals surface area contributed by atoms with Gasteiger partial charge in [0, 0.05) is 0 Å². The minimum absolute atomic E-state index is 0.0442. The summed E-state index contributed by atoms with van der Waals surface area (Å²) in [6, 6.07) is 3.60. The summed E-state index contributed by atoms with van der Waals surface area (Å²) in [7, 11) is 0. The molecule has 0 bridgehead atoms. The molecule has 102 valence electrons. The quantitative estimate of drug-likeness (QED) is 0.803. The number of alkyl halides is 3. The molecule has 1 rings (SSSR count). The van der Waals surface area contributed by atoms with Crippen LogP contribution in [-0.4, -0.2) is 12.6 Å². The van der Waals surface area contributed by atoms with Crippen LogP contribution in [0.3, 0.4) is 0 Å². The molecule has 19 heavy (non-hydrogen) atoms. The predicted molar refractivity (Wildman–Crippen MR) is 61.5 cm³/mol. The first-order valence-electron chi connectivity index (χ1n) is 5.25. The summed E-state index contributed by atoms with van der Waals surface area (Å²) in [5.74, 6) is -0.806. The average molecular weight is 292 g/mol. The Bertz CT molecular complexity index is 535. The predicted octanol–water partition coefficient (Wildman–Crippen LogP) is 3.34. The summed E-state index contributed by atoms with van der Waals surface area (Å²) in [5.41, 5.74) is -1.52. The van der Waals surface area contributed by atoms with Gasteiger partial charge in [-0.1, -0.05) is 11.6 Å². The molecule has 3 nitrogen and oxygen atoms in total. The van der Waals surface area contributed by atoms with Crippen LogP contribution in [0.1, 0.15) is 23.6 Å². The largest absolute Gasteiger partial charge is 0.466 e. The lowest BCUT2D eigenvalue weighted by Crippen LogP contribution is -2.15. The van der Waals surface area contributed by atoms with Crippen molar-refractivity contribution in [2.45, 2.75) is 19.5 Å². The number of esters is 1. The molecule has 7 heteroatoms. The standard InChI is InChI=1S/C12H9ClF3NO2/c1-2-19-10(18)5-8-3-7(6-17)4-9(13)11(8)12(14,15)16/h3-4H,2,5H2,1H3. The van der Waals surface area contributed by atoms with E-state index < -0.39 is 29.2 Å². The van der Waals surface area contributed by atoms with Gasteiger partial charge in [0.05, 0.1) is 35.2 Å². The zero-order valence-corrected chi connectivity index (χ0v) is 10.6. The normalized spacial score (nSPS) is 10.9. The molecule has 0 spiro atoms. The molecule has 0 atom stereocenters. The molecule has 0 saturated heterocycles. The molecule has 0 radical (unpaired) electrons. The first-order valence-corrected chi connectivity index (χ1v) is 5.62. The number of rotatable bonds is 3. The van der Waals surface area contributed by atoms with Crippen LogP contribution < -0.4 is 0 Å². The van der Waals surface area contributed by atoms with Gasteiger partial charge >= 0.3 is 12.1 Å². The Balaban J connectivity index is 3.30. The Hall–Kier alpha value is -1.74. The van der Waals surface area contributed by atoms with Crippen molar-refractivity contribution in [1.29, 1.82) is 5.26 Å². The van der Waals surface area contributed by atoms with E-state index in [4.69, 9.17) is 16.9 Å². The highest BCUT2D eigenvalue weighted by molar-refractivity contribution is 6.31. The molecule has 1 aromatic rings. The number of hydrogen-bond donors (Lipinski definition) is 0. The molecule has 0 fully saturated rings. The van der Waals surface area contributed by atoms with Crippen molar-refractivity contribution in [3.63, 3.8) is 0 Å². The highest BCUT2D eigenvalue weighted by Crippen LogP contribution is 2.38. The Kier molecular flexibility index (Phi) is 4.78. The Morgan fingerprint density at radius 3 is 2.58 bits per heavy atom. The van der Waals surface area contributed by atoms with Crippen LogP contribution in [0.25, 0.3) is 0 Å². The molecule has 1 aromatic carbocycles. The summed E-state index contributed by atoms with van der Waals surface area (Å²) < 4.78 is 43.2. The highest BCUT2D eigenvalue weighted by Gasteiger charge is 2.36. The van der Waals surface area contributed by atoms with E-state index >= 15 is 0 Å². The number of carbonyl (C=O) groups is 1. The fourth-order valence-corrected chi connectivity index (χ4v) is 1.90. The molecule has 0 aliphatic carbocycles. The molecular formula is C12H9ClF3NO2. The number of nitriles is 1. The molecule has 0 unspecified atom stereocenters. The Labute approximate surface area is 112 Å². The second kappa shape index (κ2) is 5.93. The van der Waals surface area contributed by atoms with Crippen LogP contribution in [0.5, 0.6) is 0 Å². The molecule has 0 heterocycles. The van der Waals surface area contributed by atoms with Gasteiger partial charge in [-0.25, -0.2) is 0 Å². The van der Waals surface area contributed by atoms with Gasteiger partial charge in [0.25, 0.3) is 0 Å². The average Bonchev–Trinajstić information content (AvgIpc) is 2.26. The van der Waals surface area contributed by atoms with E-state index in [1.807, 2.05) is 0 Å². The van der Waals surface area contributed by atoms with E-state index in [1.165, 1.54) is 0 Å². The molecule has 0 aliphatic heterocycles. The first-order chi connectivity index (χ1) is 8.79. The van der Waals surface area contributed by atoms with Crippen molar-refractivity contribution in [1.82, 2.24) is 0 Å². The van der Waals surface area contributed by atoms with Crippen molar-refractivity contribution in [2.24, 2.45) is 0 Å². The van der Waals surface area contributed by atoms with Crippen LogP contribution in [-0.2, 0) is 22.1 Å². The topological polar surface area (TPSA) is 50.1 Å². The monoisotopic (exact) mass is 291 g/mol. The van der Waals surface area contributed by atoms with Crippen LogP contribution >= 0.6 is 11.6 Å². The first kappa shape index (κ1) is 15.3. The van der Waals surface area contributed by atoms with Crippen molar-refractivity contribution < 1.29 is 22.7 Å². The molecule has 0 amide bonds. The number of nitrogens with zero attached hydrogens (tertiary/aromatic N) is 1. The second-order valence-corrected chi connectivity index (χ2v) is 3.99. The van der Waals surface area contributed by atoms with Crippen LogP contribution in [0.15, 0.2) is 12.1 Å². The number of halogens is 4. The minimum atomic E-state index is -4.70. The third-order valence-corrected chi connectivity index (χ3v) is 2.52. The summed E-state index contributed by atoms with van der Waals surface area (Å²) in [5, 5.41) is 8.11. The van der Waals surface area contributed by atoms with Crippen molar-refractivity contribution in [3.8, 4) is 6.07 Å². The summed E-state index contributed by atoms with van der Waals surface area (Å²) in [6.45, 7) is 1.60. The maximum atomic E-state index is 12.9.